The van der Waals surface area contributed by atoms with Crippen molar-refractivity contribution in [3.8, 4) is 0 Å². The molecule has 2 fully saturated rings. The number of aromatic nitrogens is 3. The molecular weight excluding hydrogens is 436 g/mol. The van der Waals surface area contributed by atoms with E-state index in [1.165, 1.54) is 10.1 Å². The van der Waals surface area contributed by atoms with Crippen molar-refractivity contribution in [1.82, 2.24) is 25.1 Å². The Balaban J connectivity index is 1.83. The summed E-state index contributed by atoms with van der Waals surface area (Å²) in [5, 5.41) is 46.9. The predicted octanol–water partition coefficient (Wildman–Crippen LogP) is 2.83. The van der Waals surface area contributed by atoms with Gasteiger partial charge in [-0.2, -0.15) is 15.0 Å². The molecule has 2 aliphatic rings. The van der Waals surface area contributed by atoms with E-state index in [1.807, 2.05) is 55.4 Å². The molecule has 3 rings (SSSR count). The molecule has 2 saturated heterocycles. The molecule has 34 heavy (non-hydrogen) atoms. The molecule has 0 aromatic carbocycles. The Morgan fingerprint density at radius 3 is 1.35 bits per heavy atom. The summed E-state index contributed by atoms with van der Waals surface area (Å²) in [6.07, 6.45) is 2.60. The van der Waals surface area contributed by atoms with Crippen LogP contribution in [0.15, 0.2) is 0 Å². The molecule has 4 N–H and O–H groups in total. The fourth-order valence-corrected chi connectivity index (χ4v) is 5.85. The van der Waals surface area contributed by atoms with E-state index in [0.717, 1.165) is 0 Å². The van der Waals surface area contributed by atoms with Gasteiger partial charge in [0.25, 0.3) is 0 Å². The molecule has 2 radical (unpaired) electrons. The minimum Gasteiger partial charge on any atom is -0.395 e. The van der Waals surface area contributed by atoms with Crippen LogP contribution in [0.3, 0.4) is 0 Å². The highest BCUT2D eigenvalue weighted by molar-refractivity contribution is 5.43. The standard InChI is InChI=1S/C23H42N8O3/c1-20(2)11-15(12-21(3,4)30(20)33)25-18-27-17(24-9-10-32)28-19(29-18)26-16-13-22(5,6)31(34)23(7,8)14-16/h15-16,32H,9-14H2,1-8H3,(H3,24,25,26,27,28,29). The summed E-state index contributed by atoms with van der Waals surface area (Å²) in [7, 11) is 0. The van der Waals surface area contributed by atoms with Crippen molar-refractivity contribution in [2.75, 3.05) is 29.1 Å². The summed E-state index contributed by atoms with van der Waals surface area (Å²) in [4.78, 5) is 13.6. The Labute approximate surface area is 203 Å². The molecule has 2 aliphatic heterocycles. The third-order valence-electron chi connectivity index (χ3n) is 6.88. The van der Waals surface area contributed by atoms with Crippen molar-refractivity contribution in [2.45, 2.75) is 115 Å². The normalized spacial score (nSPS) is 25.1. The Morgan fingerprint density at radius 1 is 0.706 bits per heavy atom. The lowest BCUT2D eigenvalue weighted by molar-refractivity contribution is -0.288. The zero-order valence-corrected chi connectivity index (χ0v) is 21.9. The first-order chi connectivity index (χ1) is 15.6. The van der Waals surface area contributed by atoms with Gasteiger partial charge in [0.05, 0.1) is 6.61 Å². The molecule has 0 amide bonds. The van der Waals surface area contributed by atoms with Crippen molar-refractivity contribution in [3.05, 3.63) is 0 Å². The van der Waals surface area contributed by atoms with Gasteiger partial charge in [0.2, 0.25) is 17.8 Å². The third kappa shape index (κ3) is 5.88. The summed E-state index contributed by atoms with van der Waals surface area (Å²) in [5.74, 6) is 1.18. The van der Waals surface area contributed by atoms with Gasteiger partial charge in [-0.3, -0.25) is 0 Å². The maximum atomic E-state index is 12.7. The summed E-state index contributed by atoms with van der Waals surface area (Å²) < 4.78 is 0. The highest BCUT2D eigenvalue weighted by Crippen LogP contribution is 2.39. The van der Waals surface area contributed by atoms with Crippen molar-refractivity contribution in [3.63, 3.8) is 0 Å². The van der Waals surface area contributed by atoms with Gasteiger partial charge in [0.1, 0.15) is 0 Å². The van der Waals surface area contributed by atoms with Crippen LogP contribution in [0.25, 0.3) is 0 Å². The topological polar surface area (TPSA) is 141 Å². The van der Waals surface area contributed by atoms with Crippen molar-refractivity contribution in [1.29, 1.82) is 0 Å². The lowest BCUT2D eigenvalue weighted by atomic mass is 9.79. The van der Waals surface area contributed by atoms with Gasteiger partial charge in [-0.25, -0.2) is 0 Å². The highest BCUT2D eigenvalue weighted by atomic mass is 16.5. The second kappa shape index (κ2) is 9.34. The molecule has 0 spiro atoms. The maximum Gasteiger partial charge on any atom is 0.229 e. The Morgan fingerprint density at radius 2 is 1.03 bits per heavy atom. The largest absolute Gasteiger partial charge is 0.395 e. The van der Waals surface area contributed by atoms with Gasteiger partial charge in [-0.05, 0) is 81.1 Å². The fraction of sp³-hybridized carbons (Fsp3) is 0.870. The summed E-state index contributed by atoms with van der Waals surface area (Å²) >= 11 is 0. The molecule has 11 heteroatoms. The molecule has 3 heterocycles. The molecule has 1 aromatic heterocycles. The fourth-order valence-electron chi connectivity index (χ4n) is 5.85. The zero-order valence-electron chi connectivity index (χ0n) is 21.9. The molecular formula is C23H42N8O3. The monoisotopic (exact) mass is 478 g/mol. The van der Waals surface area contributed by atoms with E-state index in [0.29, 0.717) is 50.1 Å². The van der Waals surface area contributed by atoms with Gasteiger partial charge >= 0.3 is 0 Å². The maximum absolute atomic E-state index is 12.7. The number of hydrogen-bond donors (Lipinski definition) is 4. The van der Waals surface area contributed by atoms with Crippen LogP contribution >= 0.6 is 0 Å². The van der Waals surface area contributed by atoms with Gasteiger partial charge < -0.3 is 21.1 Å². The Bertz CT molecular complexity index is 762. The second-order valence-corrected chi connectivity index (χ2v) is 12.3. The minimum atomic E-state index is -0.519. The van der Waals surface area contributed by atoms with Crippen LogP contribution < -0.4 is 16.0 Å². The van der Waals surface area contributed by atoms with E-state index in [1.54, 1.807) is 0 Å². The second-order valence-electron chi connectivity index (χ2n) is 12.3. The summed E-state index contributed by atoms with van der Waals surface area (Å²) in [5.41, 5.74) is -2.08. The predicted molar refractivity (Wildman–Crippen MR) is 130 cm³/mol. The van der Waals surface area contributed by atoms with Gasteiger partial charge in [0.15, 0.2) is 0 Å². The van der Waals surface area contributed by atoms with Crippen molar-refractivity contribution < 1.29 is 15.5 Å². The van der Waals surface area contributed by atoms with E-state index < -0.39 is 22.2 Å². The van der Waals surface area contributed by atoms with Crippen LogP contribution in [0.4, 0.5) is 17.8 Å². The molecule has 0 atom stereocenters. The average molecular weight is 479 g/mol. The van der Waals surface area contributed by atoms with Crippen LogP contribution in [0.2, 0.25) is 0 Å². The lowest BCUT2D eigenvalue weighted by Gasteiger charge is -2.50. The zero-order chi connectivity index (χ0) is 25.5. The number of hydroxylamine groups is 4. The number of rotatable bonds is 7. The Kier molecular flexibility index (Phi) is 7.37. The quantitative estimate of drug-likeness (QED) is 0.465. The van der Waals surface area contributed by atoms with Gasteiger partial charge in [-0.1, -0.05) is 0 Å². The van der Waals surface area contributed by atoms with Crippen molar-refractivity contribution >= 4 is 17.8 Å². The SMILES string of the molecule is CC1(C)CC(Nc2nc(NCCO)nc(NC3CC(C)(C)N([O])C(C)(C)C3)n2)CC(C)(C)N1[O]. The van der Waals surface area contributed by atoms with E-state index in [-0.39, 0.29) is 18.7 Å². The van der Waals surface area contributed by atoms with Gasteiger partial charge in [0, 0.05) is 40.8 Å². The number of nitrogens with zero attached hydrogens (tertiary/aromatic N) is 5. The number of aliphatic hydroxyl groups excluding tert-OH is 1. The van der Waals surface area contributed by atoms with E-state index in [9.17, 15) is 15.5 Å². The lowest BCUT2D eigenvalue weighted by Crippen LogP contribution is -2.60. The van der Waals surface area contributed by atoms with E-state index in [2.05, 4.69) is 30.9 Å². The molecule has 0 unspecified atom stereocenters. The van der Waals surface area contributed by atoms with Crippen LogP contribution in [0.1, 0.15) is 81.1 Å². The van der Waals surface area contributed by atoms with Crippen LogP contribution in [0.5, 0.6) is 0 Å². The number of aliphatic hydroxyl groups is 1. The minimum absolute atomic E-state index is 0.0118. The first kappa shape index (κ1) is 26.8. The van der Waals surface area contributed by atoms with Crippen LogP contribution in [-0.2, 0) is 10.4 Å². The number of nitrogens with one attached hydrogen (secondary N) is 3. The highest BCUT2D eigenvalue weighted by Gasteiger charge is 2.47. The van der Waals surface area contributed by atoms with E-state index in [4.69, 9.17) is 0 Å². The number of hydrogen-bond acceptors (Lipinski definition) is 9. The van der Waals surface area contributed by atoms with Crippen LogP contribution in [0, 0.1) is 0 Å². The van der Waals surface area contributed by atoms with Crippen molar-refractivity contribution in [2.24, 2.45) is 0 Å². The number of anilines is 3. The first-order valence-electron chi connectivity index (χ1n) is 12.1. The summed E-state index contributed by atoms with van der Waals surface area (Å²) in [6.45, 7) is 15.9. The molecule has 1 aromatic rings. The Hall–Kier alpha value is -1.79. The van der Waals surface area contributed by atoms with Gasteiger partial charge in [-0.15, -0.1) is 20.5 Å². The number of piperidine rings is 2. The molecule has 0 aliphatic carbocycles. The molecule has 11 nitrogen and oxygen atoms in total. The molecule has 0 saturated carbocycles. The first-order valence-corrected chi connectivity index (χ1v) is 12.1. The average Bonchev–Trinajstić information content (AvgIpc) is 2.67. The smallest absolute Gasteiger partial charge is 0.229 e. The van der Waals surface area contributed by atoms with Crippen LogP contribution in [-0.4, -0.2) is 77.6 Å². The molecule has 192 valence electrons. The van der Waals surface area contributed by atoms with E-state index >= 15 is 0 Å². The summed E-state index contributed by atoms with van der Waals surface area (Å²) in [6, 6.07) is 0.0235. The molecule has 0 bridgehead atoms. The third-order valence-corrected chi connectivity index (χ3v) is 6.88.